The van der Waals surface area contributed by atoms with Gasteiger partial charge in [-0.15, -0.1) is 11.3 Å². The van der Waals surface area contributed by atoms with Crippen LogP contribution in [-0.4, -0.2) is 35.6 Å². The normalized spacial score (nSPS) is 19.1. The second kappa shape index (κ2) is 6.33. The maximum absolute atomic E-state index is 4.09. The minimum absolute atomic E-state index is 0.718. The molecular formula is C12H21N3S. The maximum atomic E-state index is 4.09. The summed E-state index contributed by atoms with van der Waals surface area (Å²) in [5, 5.41) is 3.54. The van der Waals surface area contributed by atoms with E-state index in [1.54, 1.807) is 11.3 Å². The summed E-state index contributed by atoms with van der Waals surface area (Å²) in [6.07, 6.45) is 5.96. The fourth-order valence-electron chi connectivity index (χ4n) is 2.33. The quantitative estimate of drug-likeness (QED) is 0.824. The molecule has 1 fully saturated rings. The predicted molar refractivity (Wildman–Crippen MR) is 68.7 cm³/mol. The largest absolute Gasteiger partial charge is 0.310 e. The van der Waals surface area contributed by atoms with Gasteiger partial charge in [0.2, 0.25) is 0 Å². The number of likely N-dealkylation sites (tertiary alicyclic amines) is 1. The Balaban J connectivity index is 1.70. The minimum Gasteiger partial charge on any atom is -0.310 e. The summed E-state index contributed by atoms with van der Waals surface area (Å²) in [6, 6.07) is 0.718. The number of thiazole rings is 1. The minimum atomic E-state index is 0.718. The van der Waals surface area contributed by atoms with E-state index in [2.05, 4.69) is 22.1 Å². The molecule has 0 aromatic carbocycles. The Kier molecular flexibility index (Phi) is 4.75. The first-order valence-corrected chi connectivity index (χ1v) is 7.10. The van der Waals surface area contributed by atoms with Crippen LogP contribution in [0.4, 0.5) is 0 Å². The molecule has 16 heavy (non-hydrogen) atoms. The second-order valence-corrected chi connectivity index (χ2v) is 5.37. The summed E-state index contributed by atoms with van der Waals surface area (Å²) in [7, 11) is 0. The Morgan fingerprint density at radius 3 is 2.94 bits per heavy atom. The highest BCUT2D eigenvalue weighted by Gasteiger charge is 2.19. The standard InChI is InChI=1S/C12H21N3S/c1-2-11(15-5-3-4-6-15)7-13-8-12-9-14-10-16-12/h9-11,13H,2-8H2,1H3. The zero-order valence-electron chi connectivity index (χ0n) is 9.98. The fraction of sp³-hybridized carbons (Fsp3) is 0.750. The third-order valence-corrected chi connectivity index (χ3v) is 4.07. The Labute approximate surface area is 102 Å². The third-order valence-electron chi connectivity index (χ3n) is 3.29. The van der Waals surface area contributed by atoms with Gasteiger partial charge in [0.05, 0.1) is 5.51 Å². The lowest BCUT2D eigenvalue weighted by molar-refractivity contribution is 0.229. The molecule has 1 unspecified atom stereocenters. The van der Waals surface area contributed by atoms with Gasteiger partial charge in [0, 0.05) is 30.2 Å². The van der Waals surface area contributed by atoms with Crippen LogP contribution in [0.2, 0.25) is 0 Å². The molecule has 0 radical (unpaired) electrons. The molecule has 0 spiro atoms. The van der Waals surface area contributed by atoms with Crippen molar-refractivity contribution in [1.29, 1.82) is 0 Å². The molecule has 0 saturated carbocycles. The topological polar surface area (TPSA) is 28.2 Å². The van der Waals surface area contributed by atoms with Crippen molar-refractivity contribution < 1.29 is 0 Å². The first-order valence-electron chi connectivity index (χ1n) is 6.22. The number of nitrogens with zero attached hydrogens (tertiary/aromatic N) is 2. The average molecular weight is 239 g/mol. The van der Waals surface area contributed by atoms with E-state index < -0.39 is 0 Å². The van der Waals surface area contributed by atoms with E-state index in [1.807, 2.05) is 11.7 Å². The third kappa shape index (κ3) is 3.27. The lowest BCUT2D eigenvalue weighted by atomic mass is 10.2. The molecule has 1 N–H and O–H groups in total. The zero-order chi connectivity index (χ0) is 11.2. The van der Waals surface area contributed by atoms with Gasteiger partial charge in [0.1, 0.15) is 0 Å². The highest BCUT2D eigenvalue weighted by Crippen LogP contribution is 2.13. The molecule has 0 amide bonds. The molecule has 4 heteroatoms. The zero-order valence-corrected chi connectivity index (χ0v) is 10.8. The molecule has 1 aromatic heterocycles. The maximum Gasteiger partial charge on any atom is 0.0794 e. The molecule has 0 aliphatic carbocycles. The van der Waals surface area contributed by atoms with Crippen molar-refractivity contribution in [3.8, 4) is 0 Å². The monoisotopic (exact) mass is 239 g/mol. The summed E-state index contributed by atoms with van der Waals surface area (Å²) in [5.74, 6) is 0. The van der Waals surface area contributed by atoms with Crippen molar-refractivity contribution in [2.75, 3.05) is 19.6 Å². The first kappa shape index (κ1) is 12.0. The smallest absolute Gasteiger partial charge is 0.0794 e. The van der Waals surface area contributed by atoms with Crippen molar-refractivity contribution in [1.82, 2.24) is 15.2 Å². The fourth-order valence-corrected chi connectivity index (χ4v) is 2.89. The average Bonchev–Trinajstić information content (AvgIpc) is 2.96. The number of hydrogen-bond donors (Lipinski definition) is 1. The van der Waals surface area contributed by atoms with E-state index in [1.165, 1.54) is 37.2 Å². The Bertz CT molecular complexity index is 280. The van der Waals surface area contributed by atoms with Crippen molar-refractivity contribution in [3.05, 3.63) is 16.6 Å². The summed E-state index contributed by atoms with van der Waals surface area (Å²) in [5.41, 5.74) is 1.90. The number of rotatable bonds is 6. The van der Waals surface area contributed by atoms with Gasteiger partial charge in [0.15, 0.2) is 0 Å². The van der Waals surface area contributed by atoms with Crippen LogP contribution in [0.1, 0.15) is 31.1 Å². The molecule has 1 aliphatic heterocycles. The Morgan fingerprint density at radius 1 is 1.50 bits per heavy atom. The van der Waals surface area contributed by atoms with E-state index in [0.29, 0.717) is 0 Å². The molecule has 3 nitrogen and oxygen atoms in total. The van der Waals surface area contributed by atoms with Crippen LogP contribution in [0, 0.1) is 0 Å². The molecule has 1 aliphatic rings. The molecule has 90 valence electrons. The van der Waals surface area contributed by atoms with Crippen LogP contribution < -0.4 is 5.32 Å². The molecule has 2 heterocycles. The van der Waals surface area contributed by atoms with E-state index in [-0.39, 0.29) is 0 Å². The van der Waals surface area contributed by atoms with Crippen LogP contribution in [0.15, 0.2) is 11.7 Å². The van der Waals surface area contributed by atoms with Gasteiger partial charge in [-0.25, -0.2) is 0 Å². The van der Waals surface area contributed by atoms with Crippen molar-refractivity contribution >= 4 is 11.3 Å². The number of hydrogen-bond acceptors (Lipinski definition) is 4. The van der Waals surface area contributed by atoms with Gasteiger partial charge >= 0.3 is 0 Å². The highest BCUT2D eigenvalue weighted by molar-refractivity contribution is 7.09. The van der Waals surface area contributed by atoms with E-state index in [0.717, 1.165) is 19.1 Å². The van der Waals surface area contributed by atoms with E-state index in [9.17, 15) is 0 Å². The van der Waals surface area contributed by atoms with Gasteiger partial charge in [-0.05, 0) is 32.4 Å². The first-order chi connectivity index (χ1) is 7.90. The van der Waals surface area contributed by atoms with Crippen LogP contribution >= 0.6 is 11.3 Å². The summed E-state index contributed by atoms with van der Waals surface area (Å²) < 4.78 is 0. The van der Waals surface area contributed by atoms with Crippen LogP contribution in [0.5, 0.6) is 0 Å². The van der Waals surface area contributed by atoms with E-state index in [4.69, 9.17) is 0 Å². The molecule has 2 rings (SSSR count). The lowest BCUT2D eigenvalue weighted by Gasteiger charge is -2.26. The van der Waals surface area contributed by atoms with Gasteiger partial charge in [0.25, 0.3) is 0 Å². The van der Waals surface area contributed by atoms with Crippen molar-refractivity contribution in [3.63, 3.8) is 0 Å². The number of aromatic nitrogens is 1. The summed E-state index contributed by atoms with van der Waals surface area (Å²) >= 11 is 1.73. The van der Waals surface area contributed by atoms with Gasteiger partial charge in [-0.1, -0.05) is 6.92 Å². The summed E-state index contributed by atoms with van der Waals surface area (Å²) in [6.45, 7) is 6.95. The number of nitrogens with one attached hydrogen (secondary N) is 1. The van der Waals surface area contributed by atoms with Crippen molar-refractivity contribution in [2.24, 2.45) is 0 Å². The van der Waals surface area contributed by atoms with Gasteiger partial charge < -0.3 is 5.32 Å². The Hall–Kier alpha value is -0.450. The molecular weight excluding hydrogens is 218 g/mol. The SMILES string of the molecule is CCC(CNCc1cncs1)N1CCCC1. The second-order valence-electron chi connectivity index (χ2n) is 4.40. The van der Waals surface area contributed by atoms with Gasteiger partial charge in [-0.3, -0.25) is 9.88 Å². The van der Waals surface area contributed by atoms with Crippen LogP contribution in [-0.2, 0) is 6.54 Å². The molecule has 1 atom stereocenters. The lowest BCUT2D eigenvalue weighted by Crippen LogP contribution is -2.40. The van der Waals surface area contributed by atoms with Gasteiger partial charge in [-0.2, -0.15) is 0 Å². The molecule has 1 aromatic rings. The molecule has 0 bridgehead atoms. The van der Waals surface area contributed by atoms with Crippen LogP contribution in [0.25, 0.3) is 0 Å². The summed E-state index contributed by atoms with van der Waals surface area (Å²) in [4.78, 5) is 8.04. The van der Waals surface area contributed by atoms with E-state index >= 15 is 0 Å². The highest BCUT2D eigenvalue weighted by atomic mass is 32.1. The molecule has 1 saturated heterocycles. The predicted octanol–water partition coefficient (Wildman–Crippen LogP) is 2.11. The van der Waals surface area contributed by atoms with Crippen LogP contribution in [0.3, 0.4) is 0 Å². The Morgan fingerprint density at radius 2 is 2.31 bits per heavy atom. The van der Waals surface area contributed by atoms with Crippen molar-refractivity contribution in [2.45, 2.75) is 38.8 Å².